The van der Waals surface area contributed by atoms with E-state index in [1.165, 1.54) is 5.56 Å². The molecule has 0 saturated heterocycles. The summed E-state index contributed by atoms with van der Waals surface area (Å²) in [5.74, 6) is 2.69. The van der Waals surface area contributed by atoms with E-state index in [9.17, 15) is 0 Å². The van der Waals surface area contributed by atoms with Gasteiger partial charge in [-0.25, -0.2) is 4.98 Å². The Hall–Kier alpha value is -3.28. The summed E-state index contributed by atoms with van der Waals surface area (Å²) in [5, 5.41) is 6.54. The van der Waals surface area contributed by atoms with E-state index in [0.717, 1.165) is 17.1 Å². The van der Waals surface area contributed by atoms with Gasteiger partial charge in [0.2, 0.25) is 5.95 Å². The highest BCUT2D eigenvalue weighted by atomic mass is 16.5. The number of hydrogen-bond acceptors (Lipinski definition) is 6. The maximum atomic E-state index is 5.41. The second-order valence-corrected chi connectivity index (χ2v) is 5.75. The number of rotatable bonds is 7. The van der Waals surface area contributed by atoms with Crippen LogP contribution < -0.4 is 20.1 Å². The number of ether oxygens (including phenoxy) is 2. The number of hydrogen-bond donors (Lipinski definition) is 2. The monoisotopic (exact) mass is 350 g/mol. The van der Waals surface area contributed by atoms with Crippen LogP contribution in [-0.4, -0.2) is 24.2 Å². The number of aromatic nitrogens is 2. The first kappa shape index (κ1) is 17.5. The average molecular weight is 350 g/mol. The molecule has 0 atom stereocenters. The largest absolute Gasteiger partial charge is 0.497 e. The van der Waals surface area contributed by atoms with Crippen LogP contribution in [0.3, 0.4) is 0 Å². The topological polar surface area (TPSA) is 68.3 Å². The Bertz CT molecular complexity index is 869. The molecule has 2 aromatic carbocycles. The molecular formula is C20H22N4O2. The summed E-state index contributed by atoms with van der Waals surface area (Å²) in [6.07, 6.45) is 0. The van der Waals surface area contributed by atoms with Gasteiger partial charge in [-0.05, 0) is 24.6 Å². The molecule has 26 heavy (non-hydrogen) atoms. The summed E-state index contributed by atoms with van der Waals surface area (Å²) >= 11 is 0. The standard InChI is InChI=1S/C20H22N4O2/c1-14-11-19(23-17-12-16(25-2)9-10-18(17)26-3)24-20(22-14)21-13-15-7-5-4-6-8-15/h4-12H,13H2,1-3H3,(H2,21,22,23,24). The molecule has 0 amide bonds. The molecule has 0 saturated carbocycles. The van der Waals surface area contributed by atoms with E-state index in [2.05, 4.69) is 32.7 Å². The van der Waals surface area contributed by atoms with Crippen LogP contribution in [0.4, 0.5) is 17.5 Å². The molecule has 6 nitrogen and oxygen atoms in total. The minimum Gasteiger partial charge on any atom is -0.497 e. The smallest absolute Gasteiger partial charge is 0.225 e. The predicted octanol–water partition coefficient (Wildman–Crippen LogP) is 4.16. The molecule has 0 spiro atoms. The van der Waals surface area contributed by atoms with Crippen molar-refractivity contribution in [1.82, 2.24) is 9.97 Å². The van der Waals surface area contributed by atoms with Gasteiger partial charge in [-0.2, -0.15) is 4.98 Å². The van der Waals surface area contributed by atoms with Crippen molar-refractivity contribution in [3.63, 3.8) is 0 Å². The maximum absolute atomic E-state index is 5.41. The van der Waals surface area contributed by atoms with E-state index in [4.69, 9.17) is 9.47 Å². The minimum atomic E-state index is 0.568. The van der Waals surface area contributed by atoms with Gasteiger partial charge < -0.3 is 20.1 Å². The number of nitrogens with zero attached hydrogens (tertiary/aromatic N) is 2. The van der Waals surface area contributed by atoms with Crippen LogP contribution in [0.1, 0.15) is 11.3 Å². The lowest BCUT2D eigenvalue weighted by Gasteiger charge is -2.13. The molecule has 0 fully saturated rings. The predicted molar refractivity (Wildman–Crippen MR) is 103 cm³/mol. The molecule has 6 heteroatoms. The lowest BCUT2D eigenvalue weighted by Crippen LogP contribution is -2.06. The SMILES string of the molecule is COc1ccc(OC)c(Nc2cc(C)nc(NCc3ccccc3)n2)c1. The van der Waals surface area contributed by atoms with Crippen LogP contribution in [0.2, 0.25) is 0 Å². The van der Waals surface area contributed by atoms with Gasteiger partial charge in [0.1, 0.15) is 17.3 Å². The summed E-state index contributed by atoms with van der Waals surface area (Å²) in [4.78, 5) is 8.99. The second kappa shape index (κ2) is 8.20. The Morgan fingerprint density at radius 1 is 0.923 bits per heavy atom. The number of benzene rings is 2. The van der Waals surface area contributed by atoms with Gasteiger partial charge >= 0.3 is 0 Å². The van der Waals surface area contributed by atoms with Crippen molar-refractivity contribution in [2.24, 2.45) is 0 Å². The Balaban J connectivity index is 1.79. The number of aryl methyl sites for hydroxylation is 1. The average Bonchev–Trinajstić information content (AvgIpc) is 2.66. The zero-order valence-electron chi connectivity index (χ0n) is 15.1. The Morgan fingerprint density at radius 3 is 2.46 bits per heavy atom. The van der Waals surface area contributed by atoms with Crippen molar-refractivity contribution in [3.05, 3.63) is 65.9 Å². The molecule has 134 valence electrons. The van der Waals surface area contributed by atoms with E-state index < -0.39 is 0 Å². The molecule has 1 aromatic heterocycles. The fourth-order valence-corrected chi connectivity index (χ4v) is 2.54. The van der Waals surface area contributed by atoms with Gasteiger partial charge in [0, 0.05) is 24.4 Å². The Morgan fingerprint density at radius 2 is 1.73 bits per heavy atom. The van der Waals surface area contributed by atoms with E-state index in [0.29, 0.717) is 24.1 Å². The van der Waals surface area contributed by atoms with E-state index >= 15 is 0 Å². The van der Waals surface area contributed by atoms with Gasteiger partial charge in [0.15, 0.2) is 0 Å². The molecule has 3 rings (SSSR count). The van der Waals surface area contributed by atoms with Crippen molar-refractivity contribution in [2.45, 2.75) is 13.5 Å². The number of nitrogens with one attached hydrogen (secondary N) is 2. The van der Waals surface area contributed by atoms with Crippen molar-refractivity contribution in [1.29, 1.82) is 0 Å². The maximum Gasteiger partial charge on any atom is 0.225 e. The molecule has 0 radical (unpaired) electrons. The quantitative estimate of drug-likeness (QED) is 0.667. The van der Waals surface area contributed by atoms with Crippen LogP contribution in [0.25, 0.3) is 0 Å². The van der Waals surface area contributed by atoms with Gasteiger partial charge in [-0.1, -0.05) is 30.3 Å². The highest BCUT2D eigenvalue weighted by molar-refractivity contribution is 5.67. The number of methoxy groups -OCH3 is 2. The first-order valence-electron chi connectivity index (χ1n) is 8.30. The van der Waals surface area contributed by atoms with Crippen molar-refractivity contribution < 1.29 is 9.47 Å². The zero-order chi connectivity index (χ0) is 18.4. The summed E-state index contributed by atoms with van der Waals surface area (Å²) in [7, 11) is 3.26. The van der Waals surface area contributed by atoms with Gasteiger partial charge in [0.05, 0.1) is 19.9 Å². The summed E-state index contributed by atoms with van der Waals surface area (Å²) in [5.41, 5.74) is 2.81. The van der Waals surface area contributed by atoms with Crippen molar-refractivity contribution >= 4 is 17.5 Å². The van der Waals surface area contributed by atoms with E-state index in [1.807, 2.05) is 49.4 Å². The molecule has 0 bridgehead atoms. The highest BCUT2D eigenvalue weighted by Crippen LogP contribution is 2.31. The van der Waals surface area contributed by atoms with Crippen molar-refractivity contribution in [3.8, 4) is 11.5 Å². The lowest BCUT2D eigenvalue weighted by atomic mass is 10.2. The second-order valence-electron chi connectivity index (χ2n) is 5.75. The van der Waals surface area contributed by atoms with Gasteiger partial charge in [-0.3, -0.25) is 0 Å². The third-order valence-corrected chi connectivity index (χ3v) is 3.82. The molecule has 0 unspecified atom stereocenters. The Kier molecular flexibility index (Phi) is 5.53. The third-order valence-electron chi connectivity index (χ3n) is 3.82. The van der Waals surface area contributed by atoms with Crippen LogP contribution >= 0.6 is 0 Å². The third kappa shape index (κ3) is 4.42. The first-order valence-corrected chi connectivity index (χ1v) is 8.30. The summed E-state index contributed by atoms with van der Waals surface area (Å²) in [6, 6.07) is 17.6. The number of anilines is 3. The zero-order valence-corrected chi connectivity index (χ0v) is 15.1. The fraction of sp³-hybridized carbons (Fsp3) is 0.200. The molecule has 2 N–H and O–H groups in total. The van der Waals surface area contributed by atoms with Crippen LogP contribution in [0.5, 0.6) is 11.5 Å². The molecule has 0 aliphatic carbocycles. The highest BCUT2D eigenvalue weighted by Gasteiger charge is 2.08. The van der Waals surface area contributed by atoms with Crippen LogP contribution in [0, 0.1) is 6.92 Å². The van der Waals surface area contributed by atoms with Gasteiger partial charge in [0.25, 0.3) is 0 Å². The summed E-state index contributed by atoms with van der Waals surface area (Å²) < 4.78 is 10.7. The van der Waals surface area contributed by atoms with Crippen LogP contribution in [-0.2, 0) is 6.54 Å². The summed E-state index contributed by atoms with van der Waals surface area (Å²) in [6.45, 7) is 2.59. The normalized spacial score (nSPS) is 10.3. The Labute approximate surface area is 153 Å². The van der Waals surface area contributed by atoms with Crippen molar-refractivity contribution in [2.75, 3.05) is 24.9 Å². The van der Waals surface area contributed by atoms with E-state index in [1.54, 1.807) is 14.2 Å². The minimum absolute atomic E-state index is 0.568. The molecule has 0 aliphatic heterocycles. The molecule has 0 aliphatic rings. The first-order chi connectivity index (χ1) is 12.7. The molecular weight excluding hydrogens is 328 g/mol. The lowest BCUT2D eigenvalue weighted by molar-refractivity contribution is 0.405. The molecule has 3 aromatic rings. The van der Waals surface area contributed by atoms with Gasteiger partial charge in [-0.15, -0.1) is 0 Å². The van der Waals surface area contributed by atoms with Crippen LogP contribution in [0.15, 0.2) is 54.6 Å². The fourth-order valence-electron chi connectivity index (χ4n) is 2.54. The van der Waals surface area contributed by atoms with E-state index in [-0.39, 0.29) is 0 Å². The molecule has 1 heterocycles.